The predicted molar refractivity (Wildman–Crippen MR) is 72.4 cm³/mol. The van der Waals surface area contributed by atoms with Crippen LogP contribution in [-0.2, 0) is 15.0 Å². The standard InChI is InChI=1S/C14H19N3O2/c1-14(12(15)18,11-5-3-2-4-6-11)13(19)17-9-7-16-8-10-17/h2-6,16H,7-10H2,1H3,(H2,15,18). The van der Waals surface area contributed by atoms with Crippen molar-refractivity contribution in [2.75, 3.05) is 26.2 Å². The first-order chi connectivity index (χ1) is 9.06. The first kappa shape index (κ1) is 13.5. The number of rotatable bonds is 3. The second-order valence-electron chi connectivity index (χ2n) is 4.90. The van der Waals surface area contributed by atoms with Crippen molar-refractivity contribution in [3.05, 3.63) is 35.9 Å². The molecule has 0 bridgehead atoms. The van der Waals surface area contributed by atoms with E-state index >= 15 is 0 Å². The molecule has 1 atom stereocenters. The Kier molecular flexibility index (Phi) is 3.85. The van der Waals surface area contributed by atoms with Gasteiger partial charge >= 0.3 is 0 Å². The van der Waals surface area contributed by atoms with E-state index in [0.29, 0.717) is 18.7 Å². The van der Waals surface area contributed by atoms with Crippen molar-refractivity contribution in [1.82, 2.24) is 10.2 Å². The minimum atomic E-state index is -1.29. The molecule has 0 radical (unpaired) electrons. The van der Waals surface area contributed by atoms with Crippen LogP contribution < -0.4 is 11.1 Å². The fraction of sp³-hybridized carbons (Fsp3) is 0.429. The van der Waals surface area contributed by atoms with Gasteiger partial charge in [-0.05, 0) is 12.5 Å². The van der Waals surface area contributed by atoms with Gasteiger partial charge in [0, 0.05) is 26.2 Å². The molecular weight excluding hydrogens is 242 g/mol. The normalized spacial score (nSPS) is 18.7. The lowest BCUT2D eigenvalue weighted by molar-refractivity contribution is -0.143. The van der Waals surface area contributed by atoms with Crippen LogP contribution in [0.1, 0.15) is 12.5 Å². The van der Waals surface area contributed by atoms with Gasteiger partial charge in [0.25, 0.3) is 0 Å². The number of amides is 2. The number of hydrogen-bond donors (Lipinski definition) is 2. The molecule has 0 aliphatic carbocycles. The molecule has 1 heterocycles. The quantitative estimate of drug-likeness (QED) is 0.744. The molecule has 1 saturated heterocycles. The number of nitrogens with two attached hydrogens (primary N) is 1. The Bertz CT molecular complexity index is 469. The van der Waals surface area contributed by atoms with Crippen LogP contribution in [0.2, 0.25) is 0 Å². The fourth-order valence-electron chi connectivity index (χ4n) is 2.33. The Morgan fingerprint density at radius 2 is 1.79 bits per heavy atom. The SMILES string of the molecule is CC(C(N)=O)(C(=O)N1CCNCC1)c1ccccc1. The lowest BCUT2D eigenvalue weighted by Crippen LogP contribution is -2.56. The van der Waals surface area contributed by atoms with Gasteiger partial charge in [0.2, 0.25) is 11.8 Å². The molecule has 1 unspecified atom stereocenters. The monoisotopic (exact) mass is 261 g/mol. The summed E-state index contributed by atoms with van der Waals surface area (Å²) < 4.78 is 0. The van der Waals surface area contributed by atoms with Crippen molar-refractivity contribution < 1.29 is 9.59 Å². The Morgan fingerprint density at radius 3 is 2.32 bits per heavy atom. The zero-order valence-corrected chi connectivity index (χ0v) is 11.1. The van der Waals surface area contributed by atoms with Crippen molar-refractivity contribution in [2.24, 2.45) is 5.73 Å². The Hall–Kier alpha value is -1.88. The smallest absolute Gasteiger partial charge is 0.242 e. The van der Waals surface area contributed by atoms with Crippen molar-refractivity contribution in [2.45, 2.75) is 12.3 Å². The summed E-state index contributed by atoms with van der Waals surface area (Å²) in [7, 11) is 0. The van der Waals surface area contributed by atoms with E-state index in [9.17, 15) is 9.59 Å². The van der Waals surface area contributed by atoms with Gasteiger partial charge in [0.15, 0.2) is 0 Å². The topological polar surface area (TPSA) is 75.4 Å². The third-order valence-electron chi connectivity index (χ3n) is 3.68. The summed E-state index contributed by atoms with van der Waals surface area (Å²) in [5.74, 6) is -0.824. The lowest BCUT2D eigenvalue weighted by Gasteiger charge is -2.35. The van der Waals surface area contributed by atoms with Crippen LogP contribution in [0.5, 0.6) is 0 Å². The van der Waals surface area contributed by atoms with E-state index in [2.05, 4.69) is 5.32 Å². The van der Waals surface area contributed by atoms with Gasteiger partial charge in [-0.2, -0.15) is 0 Å². The molecule has 1 aromatic rings. The van der Waals surface area contributed by atoms with Gasteiger partial charge in [-0.25, -0.2) is 0 Å². The molecule has 5 heteroatoms. The van der Waals surface area contributed by atoms with Gasteiger partial charge in [0.1, 0.15) is 5.41 Å². The molecule has 1 aliphatic rings. The molecular formula is C14H19N3O2. The minimum absolute atomic E-state index is 0.215. The molecule has 0 aromatic heterocycles. The highest BCUT2D eigenvalue weighted by molar-refractivity contribution is 6.09. The lowest BCUT2D eigenvalue weighted by atomic mass is 9.80. The largest absolute Gasteiger partial charge is 0.368 e. The maximum absolute atomic E-state index is 12.7. The summed E-state index contributed by atoms with van der Waals surface area (Å²) in [6.07, 6.45) is 0. The van der Waals surface area contributed by atoms with Gasteiger partial charge in [-0.1, -0.05) is 30.3 Å². The summed E-state index contributed by atoms with van der Waals surface area (Å²) >= 11 is 0. The first-order valence-electron chi connectivity index (χ1n) is 6.42. The number of carbonyl (C=O) groups is 2. The van der Waals surface area contributed by atoms with Crippen molar-refractivity contribution in [3.8, 4) is 0 Å². The highest BCUT2D eigenvalue weighted by Crippen LogP contribution is 2.26. The van der Waals surface area contributed by atoms with Crippen LogP contribution in [-0.4, -0.2) is 42.9 Å². The average molecular weight is 261 g/mol. The van der Waals surface area contributed by atoms with Crippen molar-refractivity contribution in [3.63, 3.8) is 0 Å². The van der Waals surface area contributed by atoms with E-state index in [1.807, 2.05) is 18.2 Å². The molecule has 2 rings (SSSR count). The first-order valence-corrected chi connectivity index (χ1v) is 6.42. The van der Waals surface area contributed by atoms with Crippen LogP contribution in [0, 0.1) is 0 Å². The van der Waals surface area contributed by atoms with E-state index in [-0.39, 0.29) is 5.91 Å². The van der Waals surface area contributed by atoms with Crippen LogP contribution in [0.25, 0.3) is 0 Å². The zero-order chi connectivity index (χ0) is 13.9. The second-order valence-corrected chi connectivity index (χ2v) is 4.90. The highest BCUT2D eigenvalue weighted by atomic mass is 16.2. The van der Waals surface area contributed by atoms with Crippen molar-refractivity contribution >= 4 is 11.8 Å². The van der Waals surface area contributed by atoms with Gasteiger partial charge in [-0.15, -0.1) is 0 Å². The molecule has 0 spiro atoms. The highest BCUT2D eigenvalue weighted by Gasteiger charge is 2.43. The Morgan fingerprint density at radius 1 is 1.21 bits per heavy atom. The van der Waals surface area contributed by atoms with Gasteiger partial charge < -0.3 is 16.0 Å². The summed E-state index contributed by atoms with van der Waals surface area (Å²) in [4.78, 5) is 26.2. The van der Waals surface area contributed by atoms with Gasteiger partial charge in [0.05, 0.1) is 0 Å². The molecule has 5 nitrogen and oxygen atoms in total. The molecule has 3 N–H and O–H groups in total. The number of primary amides is 1. The maximum atomic E-state index is 12.7. The number of benzene rings is 1. The molecule has 19 heavy (non-hydrogen) atoms. The van der Waals surface area contributed by atoms with E-state index in [1.54, 1.807) is 24.0 Å². The third-order valence-corrected chi connectivity index (χ3v) is 3.68. The number of piperazine rings is 1. The zero-order valence-electron chi connectivity index (χ0n) is 11.1. The average Bonchev–Trinajstić information content (AvgIpc) is 2.47. The molecule has 102 valence electrons. The number of hydrogen-bond acceptors (Lipinski definition) is 3. The molecule has 0 saturated carbocycles. The number of carbonyl (C=O) groups excluding carboxylic acids is 2. The molecule has 1 aliphatic heterocycles. The van der Waals surface area contributed by atoms with E-state index in [0.717, 1.165) is 13.1 Å². The van der Waals surface area contributed by atoms with Crippen LogP contribution in [0.15, 0.2) is 30.3 Å². The minimum Gasteiger partial charge on any atom is -0.368 e. The molecule has 1 fully saturated rings. The maximum Gasteiger partial charge on any atom is 0.242 e. The van der Waals surface area contributed by atoms with E-state index < -0.39 is 11.3 Å². The van der Waals surface area contributed by atoms with Crippen LogP contribution >= 0.6 is 0 Å². The Balaban J connectivity index is 2.34. The van der Waals surface area contributed by atoms with E-state index in [4.69, 9.17) is 5.73 Å². The Labute approximate surface area is 112 Å². The van der Waals surface area contributed by atoms with Crippen LogP contribution in [0.4, 0.5) is 0 Å². The van der Waals surface area contributed by atoms with Crippen LogP contribution in [0.3, 0.4) is 0 Å². The summed E-state index contributed by atoms with van der Waals surface area (Å²) in [5, 5.41) is 3.18. The third kappa shape index (κ3) is 2.46. The summed E-state index contributed by atoms with van der Waals surface area (Å²) in [6.45, 7) is 4.31. The fourth-order valence-corrected chi connectivity index (χ4v) is 2.33. The van der Waals surface area contributed by atoms with E-state index in [1.165, 1.54) is 0 Å². The van der Waals surface area contributed by atoms with Crippen molar-refractivity contribution in [1.29, 1.82) is 0 Å². The van der Waals surface area contributed by atoms with Gasteiger partial charge in [-0.3, -0.25) is 9.59 Å². The number of nitrogens with one attached hydrogen (secondary N) is 1. The number of nitrogens with zero attached hydrogens (tertiary/aromatic N) is 1. The molecule has 2 amide bonds. The predicted octanol–water partition coefficient (Wildman–Crippen LogP) is -0.139. The molecule has 1 aromatic carbocycles. The summed E-state index contributed by atoms with van der Waals surface area (Å²) in [6, 6.07) is 9.00. The second kappa shape index (κ2) is 5.40. The summed E-state index contributed by atoms with van der Waals surface area (Å²) in [5.41, 5.74) is 4.86.